The van der Waals surface area contributed by atoms with Gasteiger partial charge in [0.2, 0.25) is 5.91 Å². The zero-order valence-corrected chi connectivity index (χ0v) is 14.6. The fourth-order valence-electron chi connectivity index (χ4n) is 3.37. The van der Waals surface area contributed by atoms with Crippen molar-refractivity contribution < 1.29 is 19.5 Å². The minimum atomic E-state index is -0.792. The summed E-state index contributed by atoms with van der Waals surface area (Å²) >= 11 is 1.54. The Bertz CT molecular complexity index is 640. The first kappa shape index (κ1) is 17.0. The lowest BCUT2D eigenvalue weighted by Crippen LogP contribution is -2.45. The Morgan fingerprint density at radius 1 is 1.29 bits per heavy atom. The second-order valence-electron chi connectivity index (χ2n) is 6.57. The molecule has 0 atom stereocenters. The molecule has 2 aliphatic rings. The maximum absolute atomic E-state index is 12.5. The van der Waals surface area contributed by atoms with Crippen LogP contribution in [0.15, 0.2) is 6.07 Å². The number of hydrogen-bond acceptors (Lipinski definition) is 4. The molecule has 6 nitrogen and oxygen atoms in total. The van der Waals surface area contributed by atoms with Crippen molar-refractivity contribution in [1.82, 2.24) is 9.80 Å². The van der Waals surface area contributed by atoms with Gasteiger partial charge in [0.15, 0.2) is 0 Å². The number of carbonyl (C=O) groups excluding carboxylic acids is 2. The number of likely N-dealkylation sites (N-methyl/N-ethyl adjacent to an activating group) is 1. The van der Waals surface area contributed by atoms with Crippen molar-refractivity contribution in [3.63, 3.8) is 0 Å². The van der Waals surface area contributed by atoms with Crippen LogP contribution < -0.4 is 0 Å². The third-order valence-corrected chi connectivity index (χ3v) is 6.10. The highest BCUT2D eigenvalue weighted by Gasteiger charge is 2.28. The lowest BCUT2D eigenvalue weighted by Gasteiger charge is -2.31. The highest BCUT2D eigenvalue weighted by molar-refractivity contribution is 7.14. The largest absolute Gasteiger partial charge is 0.481 e. The summed E-state index contributed by atoms with van der Waals surface area (Å²) in [6, 6.07) is 1.97. The van der Waals surface area contributed by atoms with Crippen molar-refractivity contribution in [2.75, 3.05) is 26.7 Å². The van der Waals surface area contributed by atoms with Crippen LogP contribution in [0.3, 0.4) is 0 Å². The number of piperidine rings is 1. The molecule has 1 saturated heterocycles. The standard InChI is InChI=1S/C17H22N2O4S/c1-18(16(21)14-9-12-3-2-4-13(12)24-14)10-15(20)19-7-5-11(6-8-19)17(22)23/h9,11H,2-8,10H2,1H3,(H,22,23). The van der Waals surface area contributed by atoms with Crippen molar-refractivity contribution in [1.29, 1.82) is 0 Å². The van der Waals surface area contributed by atoms with Gasteiger partial charge in [0.25, 0.3) is 5.91 Å². The maximum atomic E-state index is 12.5. The molecule has 1 fully saturated rings. The van der Waals surface area contributed by atoms with Gasteiger partial charge in [-0.15, -0.1) is 11.3 Å². The molecule has 24 heavy (non-hydrogen) atoms. The lowest BCUT2D eigenvalue weighted by atomic mass is 9.97. The van der Waals surface area contributed by atoms with Crippen molar-refractivity contribution in [3.8, 4) is 0 Å². The molecule has 3 rings (SSSR count). The summed E-state index contributed by atoms with van der Waals surface area (Å²) < 4.78 is 0. The van der Waals surface area contributed by atoms with Crippen LogP contribution in [0, 0.1) is 5.92 Å². The van der Waals surface area contributed by atoms with Gasteiger partial charge in [0.05, 0.1) is 17.3 Å². The molecule has 1 aliphatic carbocycles. The molecule has 0 aromatic carbocycles. The number of amides is 2. The molecule has 0 bridgehead atoms. The quantitative estimate of drug-likeness (QED) is 0.895. The van der Waals surface area contributed by atoms with Gasteiger partial charge >= 0.3 is 5.97 Å². The summed E-state index contributed by atoms with van der Waals surface area (Å²) in [5.74, 6) is -1.37. The Balaban J connectivity index is 1.54. The average Bonchev–Trinajstić information content (AvgIpc) is 3.15. The maximum Gasteiger partial charge on any atom is 0.306 e. The number of carboxylic acid groups (broad SMARTS) is 1. The number of fused-ring (bicyclic) bond motifs is 1. The van der Waals surface area contributed by atoms with Gasteiger partial charge in [-0.05, 0) is 43.7 Å². The third-order valence-electron chi connectivity index (χ3n) is 4.87. The molecule has 2 amide bonds. The van der Waals surface area contributed by atoms with Gasteiger partial charge in [-0.2, -0.15) is 0 Å². The van der Waals surface area contributed by atoms with E-state index in [0.717, 1.165) is 19.3 Å². The van der Waals surface area contributed by atoms with E-state index in [-0.39, 0.29) is 24.3 Å². The SMILES string of the molecule is CN(CC(=O)N1CCC(C(=O)O)CC1)C(=O)c1cc2c(s1)CCC2. The van der Waals surface area contributed by atoms with Gasteiger partial charge in [0.1, 0.15) is 0 Å². The molecule has 1 aromatic heterocycles. The highest BCUT2D eigenvalue weighted by Crippen LogP contribution is 2.31. The Morgan fingerprint density at radius 3 is 2.62 bits per heavy atom. The van der Waals surface area contributed by atoms with Crippen LogP contribution in [0.25, 0.3) is 0 Å². The number of likely N-dealkylation sites (tertiary alicyclic amines) is 1. The van der Waals surface area contributed by atoms with Crippen molar-refractivity contribution in [2.45, 2.75) is 32.1 Å². The molecule has 0 radical (unpaired) electrons. The lowest BCUT2D eigenvalue weighted by molar-refractivity contribution is -0.145. The van der Waals surface area contributed by atoms with E-state index in [1.807, 2.05) is 6.07 Å². The molecule has 0 spiro atoms. The molecule has 1 aromatic rings. The van der Waals surface area contributed by atoms with Crippen molar-refractivity contribution >= 4 is 29.1 Å². The normalized spacial score (nSPS) is 17.6. The smallest absolute Gasteiger partial charge is 0.306 e. The van der Waals surface area contributed by atoms with E-state index in [0.29, 0.717) is 30.8 Å². The Morgan fingerprint density at radius 2 is 2.00 bits per heavy atom. The average molecular weight is 350 g/mol. The Hall–Kier alpha value is -1.89. The van der Waals surface area contributed by atoms with E-state index >= 15 is 0 Å². The summed E-state index contributed by atoms with van der Waals surface area (Å²) in [4.78, 5) is 40.9. The van der Waals surface area contributed by atoms with Gasteiger partial charge in [-0.1, -0.05) is 0 Å². The first-order valence-corrected chi connectivity index (χ1v) is 9.15. The summed E-state index contributed by atoms with van der Waals surface area (Å²) in [6.45, 7) is 0.940. The van der Waals surface area contributed by atoms with Crippen LogP contribution in [0.4, 0.5) is 0 Å². The van der Waals surface area contributed by atoms with Crippen LogP contribution in [0.1, 0.15) is 39.4 Å². The predicted octanol–water partition coefficient (Wildman–Crippen LogP) is 1.63. The molecule has 7 heteroatoms. The van der Waals surface area contributed by atoms with E-state index in [1.54, 1.807) is 23.3 Å². The summed E-state index contributed by atoms with van der Waals surface area (Å²) in [5, 5.41) is 9.00. The number of hydrogen-bond donors (Lipinski definition) is 1. The number of aryl methyl sites for hydroxylation is 2. The number of carboxylic acids is 1. The van der Waals surface area contributed by atoms with Crippen LogP contribution in [0.5, 0.6) is 0 Å². The second kappa shape index (κ2) is 6.93. The molecular weight excluding hydrogens is 328 g/mol. The number of aliphatic carboxylic acids is 1. The van der Waals surface area contributed by atoms with Gasteiger partial charge in [0, 0.05) is 25.0 Å². The number of carbonyl (C=O) groups is 3. The Labute approximate surface area is 145 Å². The van der Waals surface area contributed by atoms with Crippen LogP contribution in [0.2, 0.25) is 0 Å². The molecule has 0 unspecified atom stereocenters. The summed E-state index contributed by atoms with van der Waals surface area (Å²) in [7, 11) is 1.65. The fourth-order valence-corrected chi connectivity index (χ4v) is 4.62. The minimum Gasteiger partial charge on any atom is -0.481 e. The second-order valence-corrected chi connectivity index (χ2v) is 7.70. The first-order chi connectivity index (χ1) is 11.5. The molecule has 0 saturated carbocycles. The first-order valence-electron chi connectivity index (χ1n) is 8.33. The summed E-state index contributed by atoms with van der Waals surface area (Å²) in [6.07, 6.45) is 4.22. The van der Waals surface area contributed by atoms with Crippen molar-refractivity contribution in [3.05, 3.63) is 21.4 Å². The van der Waals surface area contributed by atoms with Gasteiger partial charge in [-0.25, -0.2) is 0 Å². The monoisotopic (exact) mass is 350 g/mol. The van der Waals surface area contributed by atoms with E-state index in [1.165, 1.54) is 15.3 Å². The number of nitrogens with zero attached hydrogens (tertiary/aromatic N) is 2. The van der Waals surface area contributed by atoms with E-state index in [9.17, 15) is 14.4 Å². The topological polar surface area (TPSA) is 77.9 Å². The van der Waals surface area contributed by atoms with Crippen LogP contribution >= 0.6 is 11.3 Å². The molecule has 2 heterocycles. The fraction of sp³-hybridized carbons (Fsp3) is 0.588. The van der Waals surface area contributed by atoms with E-state index in [2.05, 4.69) is 0 Å². The predicted molar refractivity (Wildman–Crippen MR) is 90.2 cm³/mol. The molecular formula is C17H22N2O4S. The molecule has 1 aliphatic heterocycles. The zero-order valence-electron chi connectivity index (χ0n) is 13.8. The van der Waals surface area contributed by atoms with Crippen molar-refractivity contribution in [2.24, 2.45) is 5.92 Å². The third kappa shape index (κ3) is 3.45. The molecule has 1 N–H and O–H groups in total. The summed E-state index contributed by atoms with van der Waals surface area (Å²) in [5.41, 5.74) is 1.28. The highest BCUT2D eigenvalue weighted by atomic mass is 32.1. The Kier molecular flexibility index (Phi) is 4.89. The van der Waals surface area contributed by atoms with E-state index < -0.39 is 5.97 Å². The van der Waals surface area contributed by atoms with Gasteiger partial charge in [-0.3, -0.25) is 14.4 Å². The number of rotatable bonds is 4. The number of thiophene rings is 1. The van der Waals surface area contributed by atoms with Gasteiger partial charge < -0.3 is 14.9 Å². The minimum absolute atomic E-state index is 0.0408. The van der Waals surface area contributed by atoms with E-state index in [4.69, 9.17) is 5.11 Å². The van der Waals surface area contributed by atoms with Crippen LogP contribution in [-0.4, -0.2) is 59.4 Å². The molecule has 130 valence electrons. The van der Waals surface area contributed by atoms with Crippen LogP contribution in [-0.2, 0) is 22.4 Å². The zero-order chi connectivity index (χ0) is 17.3.